The molecule has 0 radical (unpaired) electrons. The lowest BCUT2D eigenvalue weighted by atomic mass is 10.0. The van der Waals surface area contributed by atoms with Crippen molar-refractivity contribution in [2.24, 2.45) is 5.92 Å². The first-order valence-electron chi connectivity index (χ1n) is 6.56. The predicted octanol–water partition coefficient (Wildman–Crippen LogP) is 1.57. The lowest BCUT2D eigenvalue weighted by Crippen LogP contribution is -2.32. The van der Waals surface area contributed by atoms with Crippen LogP contribution in [0.1, 0.15) is 24.5 Å². The van der Waals surface area contributed by atoms with Gasteiger partial charge in [0.25, 0.3) is 0 Å². The fourth-order valence-corrected chi connectivity index (χ4v) is 3.68. The third-order valence-electron chi connectivity index (χ3n) is 3.66. The van der Waals surface area contributed by atoms with Crippen molar-refractivity contribution >= 4 is 10.0 Å². The Bertz CT molecular complexity index is 634. The highest BCUT2D eigenvalue weighted by Gasteiger charge is 2.26. The Hall–Kier alpha value is -1.42. The summed E-state index contributed by atoms with van der Waals surface area (Å²) in [5, 5.41) is 8.80. The zero-order valence-electron chi connectivity index (χ0n) is 11.6. The van der Waals surface area contributed by atoms with Gasteiger partial charge in [-0.25, -0.2) is 13.1 Å². The molecule has 5 nitrogen and oxygen atoms in total. The zero-order valence-corrected chi connectivity index (χ0v) is 12.4. The molecule has 0 spiro atoms. The molecule has 1 fully saturated rings. The van der Waals surface area contributed by atoms with E-state index in [1.54, 1.807) is 13.0 Å². The molecule has 6 heteroatoms. The predicted molar refractivity (Wildman–Crippen MR) is 74.6 cm³/mol. The largest absolute Gasteiger partial charge is 0.378 e. The molecule has 1 aliphatic heterocycles. The van der Waals surface area contributed by atoms with Crippen molar-refractivity contribution in [1.82, 2.24) is 4.72 Å². The topological polar surface area (TPSA) is 79.2 Å². The van der Waals surface area contributed by atoms with Gasteiger partial charge >= 0.3 is 0 Å². The smallest absolute Gasteiger partial charge is 0.240 e. The maximum atomic E-state index is 12.3. The van der Waals surface area contributed by atoms with Gasteiger partial charge in [-0.3, -0.25) is 0 Å². The molecule has 0 saturated carbocycles. The number of ether oxygens (including phenoxy) is 1. The zero-order chi connectivity index (χ0) is 14.8. The second-order valence-corrected chi connectivity index (χ2v) is 6.80. The summed E-state index contributed by atoms with van der Waals surface area (Å²) in [5.41, 5.74) is 1.03. The highest BCUT2D eigenvalue weighted by molar-refractivity contribution is 7.89. The number of nitriles is 1. The molecule has 1 aliphatic rings. The molecule has 1 N–H and O–H groups in total. The summed E-state index contributed by atoms with van der Waals surface area (Å²) in [6.07, 6.45) is 0.954. The molecule has 108 valence electrons. The van der Waals surface area contributed by atoms with Crippen LogP contribution < -0.4 is 4.72 Å². The van der Waals surface area contributed by atoms with Crippen molar-refractivity contribution in [3.8, 4) is 6.07 Å². The highest BCUT2D eigenvalue weighted by Crippen LogP contribution is 2.21. The number of hydrogen-bond donors (Lipinski definition) is 1. The van der Waals surface area contributed by atoms with E-state index in [4.69, 9.17) is 10.00 Å². The van der Waals surface area contributed by atoms with Crippen LogP contribution in [0.15, 0.2) is 23.1 Å². The maximum absolute atomic E-state index is 12.3. The number of rotatable bonds is 4. The van der Waals surface area contributed by atoms with E-state index in [2.05, 4.69) is 4.72 Å². The van der Waals surface area contributed by atoms with E-state index in [0.29, 0.717) is 24.3 Å². The van der Waals surface area contributed by atoms with Crippen molar-refractivity contribution in [2.75, 3.05) is 13.2 Å². The van der Waals surface area contributed by atoms with Gasteiger partial charge in [-0.2, -0.15) is 5.26 Å². The normalized spacial score (nSPS) is 22.6. The van der Waals surface area contributed by atoms with Crippen LogP contribution in [0.3, 0.4) is 0 Å². The maximum Gasteiger partial charge on any atom is 0.240 e. The van der Waals surface area contributed by atoms with Crippen molar-refractivity contribution in [3.63, 3.8) is 0 Å². The van der Waals surface area contributed by atoms with Crippen LogP contribution in [0.25, 0.3) is 0 Å². The van der Waals surface area contributed by atoms with Crippen molar-refractivity contribution in [3.05, 3.63) is 29.3 Å². The first kappa shape index (κ1) is 15.0. The van der Waals surface area contributed by atoms with Gasteiger partial charge in [0.2, 0.25) is 10.0 Å². The molecule has 2 atom stereocenters. The van der Waals surface area contributed by atoms with E-state index in [9.17, 15) is 8.42 Å². The summed E-state index contributed by atoms with van der Waals surface area (Å²) in [5.74, 6) is 0.212. The first-order valence-corrected chi connectivity index (χ1v) is 8.04. The quantitative estimate of drug-likeness (QED) is 0.914. The number of sulfonamides is 1. The van der Waals surface area contributed by atoms with Gasteiger partial charge in [0, 0.05) is 19.1 Å². The number of nitrogens with one attached hydrogen (secondary N) is 1. The van der Waals surface area contributed by atoms with E-state index in [0.717, 1.165) is 6.42 Å². The summed E-state index contributed by atoms with van der Waals surface area (Å²) >= 11 is 0. The Balaban J connectivity index is 2.12. The van der Waals surface area contributed by atoms with E-state index in [1.165, 1.54) is 12.1 Å². The lowest BCUT2D eigenvalue weighted by molar-refractivity contribution is 0.107. The molecule has 0 bridgehead atoms. The van der Waals surface area contributed by atoms with Crippen LogP contribution in [-0.2, 0) is 14.8 Å². The second-order valence-electron chi connectivity index (χ2n) is 5.07. The fraction of sp³-hybridized carbons (Fsp3) is 0.500. The molecule has 2 unspecified atom stereocenters. The van der Waals surface area contributed by atoms with Gasteiger partial charge in [-0.1, -0.05) is 0 Å². The molecular weight excluding hydrogens is 276 g/mol. The Morgan fingerprint density at radius 3 is 2.80 bits per heavy atom. The minimum atomic E-state index is -3.54. The first-order chi connectivity index (χ1) is 9.44. The molecule has 1 aromatic carbocycles. The summed E-state index contributed by atoms with van der Waals surface area (Å²) in [4.78, 5) is 0.225. The second kappa shape index (κ2) is 5.92. The Morgan fingerprint density at radius 2 is 2.25 bits per heavy atom. The van der Waals surface area contributed by atoms with Gasteiger partial charge in [0.1, 0.15) is 0 Å². The van der Waals surface area contributed by atoms with E-state index < -0.39 is 10.0 Å². The summed E-state index contributed by atoms with van der Waals surface area (Å²) in [6, 6.07) is 6.57. The summed E-state index contributed by atoms with van der Waals surface area (Å²) in [6.45, 7) is 4.71. The fourth-order valence-electron chi connectivity index (χ4n) is 2.36. The number of aryl methyl sites for hydroxylation is 1. The standard InChI is InChI=1S/C14H18N2O3S/c1-10-7-12(8-15)3-4-14(10)20(17,18)16-9-13-5-6-19-11(13)2/h3-4,7,11,13,16H,5-6,9H2,1-2H3. The molecule has 1 aromatic rings. The highest BCUT2D eigenvalue weighted by atomic mass is 32.2. The molecule has 1 saturated heterocycles. The summed E-state index contributed by atoms with van der Waals surface area (Å²) < 4.78 is 32.6. The van der Waals surface area contributed by atoms with Crippen molar-refractivity contribution in [2.45, 2.75) is 31.3 Å². The molecule has 1 heterocycles. The lowest BCUT2D eigenvalue weighted by Gasteiger charge is -2.15. The van der Waals surface area contributed by atoms with Gasteiger partial charge in [0.05, 0.1) is 22.6 Å². The SMILES string of the molecule is Cc1cc(C#N)ccc1S(=O)(=O)NCC1CCOC1C. The average Bonchev–Trinajstić information content (AvgIpc) is 2.81. The Labute approximate surface area is 119 Å². The van der Waals surface area contributed by atoms with Crippen LogP contribution in [0.4, 0.5) is 0 Å². The molecule has 0 aromatic heterocycles. The van der Waals surface area contributed by atoms with Gasteiger partial charge in [0.15, 0.2) is 0 Å². The molecule has 20 heavy (non-hydrogen) atoms. The molecule has 0 amide bonds. The van der Waals surface area contributed by atoms with Gasteiger partial charge in [-0.15, -0.1) is 0 Å². The third kappa shape index (κ3) is 3.18. The monoisotopic (exact) mass is 294 g/mol. The van der Waals surface area contributed by atoms with Gasteiger partial charge < -0.3 is 4.74 Å². The van der Waals surface area contributed by atoms with Gasteiger partial charge in [-0.05, 0) is 44.0 Å². The average molecular weight is 294 g/mol. The van der Waals surface area contributed by atoms with Crippen molar-refractivity contribution in [1.29, 1.82) is 5.26 Å². The van der Waals surface area contributed by atoms with Crippen LogP contribution in [-0.4, -0.2) is 27.7 Å². The van der Waals surface area contributed by atoms with Crippen LogP contribution in [0.5, 0.6) is 0 Å². The number of nitrogens with zero attached hydrogens (tertiary/aromatic N) is 1. The van der Waals surface area contributed by atoms with E-state index >= 15 is 0 Å². The van der Waals surface area contributed by atoms with Crippen molar-refractivity contribution < 1.29 is 13.2 Å². The summed E-state index contributed by atoms with van der Waals surface area (Å²) in [7, 11) is -3.54. The van der Waals surface area contributed by atoms with E-state index in [-0.39, 0.29) is 16.9 Å². The molecule has 2 rings (SSSR count). The molecule has 0 aliphatic carbocycles. The third-order valence-corrected chi connectivity index (χ3v) is 5.25. The number of hydrogen-bond acceptors (Lipinski definition) is 4. The minimum Gasteiger partial charge on any atom is -0.378 e. The minimum absolute atomic E-state index is 0.0831. The molecular formula is C14H18N2O3S. The van der Waals surface area contributed by atoms with Crippen LogP contribution in [0.2, 0.25) is 0 Å². The van der Waals surface area contributed by atoms with E-state index in [1.807, 2.05) is 13.0 Å². The Kier molecular flexibility index (Phi) is 4.43. The Morgan fingerprint density at radius 1 is 1.50 bits per heavy atom. The van der Waals surface area contributed by atoms with Crippen LogP contribution in [0, 0.1) is 24.2 Å². The van der Waals surface area contributed by atoms with Crippen LogP contribution >= 0.6 is 0 Å². The number of benzene rings is 1.